The van der Waals surface area contributed by atoms with Crippen LogP contribution < -0.4 is 10.2 Å². The lowest BCUT2D eigenvalue weighted by atomic mass is 10.0. The maximum atomic E-state index is 13.2. The number of benzene rings is 2. The molecule has 0 unspecified atom stereocenters. The highest BCUT2D eigenvalue weighted by Gasteiger charge is 2.13. The van der Waals surface area contributed by atoms with Crippen molar-refractivity contribution in [3.63, 3.8) is 0 Å². The van der Waals surface area contributed by atoms with Gasteiger partial charge in [0.15, 0.2) is 0 Å². The zero-order valence-corrected chi connectivity index (χ0v) is 17.6. The number of pyridine rings is 1. The average molecular weight is 420 g/mol. The number of amides is 1. The van der Waals surface area contributed by atoms with E-state index in [2.05, 4.69) is 40.3 Å². The van der Waals surface area contributed by atoms with Crippen molar-refractivity contribution in [1.82, 2.24) is 10.3 Å². The molecule has 4 rings (SSSR count). The third-order valence-electron chi connectivity index (χ3n) is 5.44. The molecule has 1 fully saturated rings. The van der Waals surface area contributed by atoms with E-state index in [1.54, 1.807) is 12.1 Å². The van der Waals surface area contributed by atoms with Crippen LogP contribution in [0.15, 0.2) is 60.8 Å². The number of carbonyl (C=O) groups excluding carboxylic acids is 1. The molecule has 0 radical (unpaired) electrons. The molecule has 31 heavy (non-hydrogen) atoms. The molecule has 6 heteroatoms. The van der Waals surface area contributed by atoms with Crippen molar-refractivity contribution in [3.05, 3.63) is 83.4 Å². The van der Waals surface area contributed by atoms with Gasteiger partial charge < -0.3 is 15.0 Å². The molecule has 1 aliphatic heterocycles. The Labute approximate surface area is 181 Å². The van der Waals surface area contributed by atoms with Gasteiger partial charge >= 0.3 is 0 Å². The second-order valence-electron chi connectivity index (χ2n) is 7.72. The van der Waals surface area contributed by atoms with Crippen molar-refractivity contribution >= 4 is 11.6 Å². The highest BCUT2D eigenvalue weighted by atomic mass is 19.1. The normalized spacial score (nSPS) is 13.8. The second-order valence-corrected chi connectivity index (χ2v) is 7.72. The van der Waals surface area contributed by atoms with Gasteiger partial charge in [-0.1, -0.05) is 24.3 Å². The molecule has 1 saturated heterocycles. The van der Waals surface area contributed by atoms with Gasteiger partial charge in [0.2, 0.25) is 5.91 Å². The lowest BCUT2D eigenvalue weighted by Gasteiger charge is -2.29. The number of nitrogens with zero attached hydrogens (tertiary/aromatic N) is 2. The Hall–Kier alpha value is -3.25. The summed E-state index contributed by atoms with van der Waals surface area (Å²) in [5.41, 5.74) is 5.98. The van der Waals surface area contributed by atoms with E-state index in [0.717, 1.165) is 43.0 Å². The molecule has 1 N–H and O–H groups in total. The molecule has 5 nitrogen and oxygen atoms in total. The average Bonchev–Trinajstić information content (AvgIpc) is 2.79. The highest BCUT2D eigenvalue weighted by molar-refractivity contribution is 5.78. The number of aryl methyl sites for hydroxylation is 1. The van der Waals surface area contributed by atoms with Crippen molar-refractivity contribution < 1.29 is 13.9 Å². The van der Waals surface area contributed by atoms with Crippen molar-refractivity contribution in [2.75, 3.05) is 31.2 Å². The first-order valence-electron chi connectivity index (χ1n) is 10.5. The van der Waals surface area contributed by atoms with E-state index in [-0.39, 0.29) is 18.1 Å². The van der Waals surface area contributed by atoms with Gasteiger partial charge in [0, 0.05) is 42.8 Å². The summed E-state index contributed by atoms with van der Waals surface area (Å²) in [7, 11) is 0. The summed E-state index contributed by atoms with van der Waals surface area (Å²) >= 11 is 0. The van der Waals surface area contributed by atoms with Gasteiger partial charge in [-0.05, 0) is 53.9 Å². The molecule has 160 valence electrons. The SMILES string of the molecule is Cc1cc(N2CCOCC2)ccc1-c1ccc(CC(=O)NCc2cccc(F)c2)nc1. The Balaban J connectivity index is 1.37. The number of halogens is 1. The third-order valence-corrected chi connectivity index (χ3v) is 5.44. The quantitative estimate of drug-likeness (QED) is 0.659. The van der Waals surface area contributed by atoms with Crippen LogP contribution in [-0.2, 0) is 22.5 Å². The fraction of sp³-hybridized carbons (Fsp3) is 0.280. The van der Waals surface area contributed by atoms with Crippen molar-refractivity contribution in [2.45, 2.75) is 19.9 Å². The van der Waals surface area contributed by atoms with Crippen LogP contribution in [0, 0.1) is 12.7 Å². The molecule has 2 heterocycles. The van der Waals surface area contributed by atoms with Crippen LogP contribution in [0.5, 0.6) is 0 Å². The Morgan fingerprint density at radius 2 is 1.97 bits per heavy atom. The number of rotatable bonds is 6. The van der Waals surface area contributed by atoms with Gasteiger partial charge in [-0.25, -0.2) is 4.39 Å². The molecule has 1 aromatic heterocycles. The number of nitrogens with one attached hydrogen (secondary N) is 1. The molecule has 3 aromatic rings. The molecule has 1 aliphatic rings. The van der Waals surface area contributed by atoms with Crippen LogP contribution in [0.4, 0.5) is 10.1 Å². The number of hydrogen-bond donors (Lipinski definition) is 1. The monoisotopic (exact) mass is 419 g/mol. The molecule has 2 aromatic carbocycles. The van der Waals surface area contributed by atoms with E-state index in [1.165, 1.54) is 23.4 Å². The topological polar surface area (TPSA) is 54.5 Å². The lowest BCUT2D eigenvalue weighted by molar-refractivity contribution is -0.120. The number of carbonyl (C=O) groups is 1. The smallest absolute Gasteiger partial charge is 0.226 e. The summed E-state index contributed by atoms with van der Waals surface area (Å²) in [6, 6.07) is 16.6. The van der Waals surface area contributed by atoms with E-state index in [4.69, 9.17) is 4.74 Å². The molecule has 0 bridgehead atoms. The van der Waals surface area contributed by atoms with Gasteiger partial charge in [0.05, 0.1) is 19.6 Å². The second kappa shape index (κ2) is 9.71. The third kappa shape index (κ3) is 5.47. The predicted molar refractivity (Wildman–Crippen MR) is 119 cm³/mol. The van der Waals surface area contributed by atoms with E-state index < -0.39 is 0 Å². The minimum atomic E-state index is -0.308. The molecule has 1 amide bonds. The fourth-order valence-electron chi connectivity index (χ4n) is 3.75. The summed E-state index contributed by atoms with van der Waals surface area (Å²) in [4.78, 5) is 19.0. The Bertz CT molecular complexity index is 1050. The Morgan fingerprint density at radius 1 is 1.13 bits per heavy atom. The van der Waals surface area contributed by atoms with E-state index >= 15 is 0 Å². The van der Waals surface area contributed by atoms with Crippen LogP contribution in [0.25, 0.3) is 11.1 Å². The van der Waals surface area contributed by atoms with Crippen LogP contribution in [0.1, 0.15) is 16.8 Å². The molecular formula is C25H26FN3O2. The van der Waals surface area contributed by atoms with Crippen LogP contribution in [-0.4, -0.2) is 37.2 Å². The standard InChI is InChI=1S/C25H26FN3O2/c1-18-13-23(29-9-11-31-12-10-29)7-8-24(18)20-5-6-22(27-17-20)15-25(30)28-16-19-3-2-4-21(26)14-19/h2-8,13-14,17H,9-12,15-16H2,1H3,(H,28,30). The Kier molecular flexibility index (Phi) is 6.57. The zero-order chi connectivity index (χ0) is 21.6. The summed E-state index contributed by atoms with van der Waals surface area (Å²) in [5.74, 6) is -0.451. The van der Waals surface area contributed by atoms with Crippen LogP contribution in [0.2, 0.25) is 0 Å². The maximum Gasteiger partial charge on any atom is 0.226 e. The van der Waals surface area contributed by atoms with Crippen LogP contribution in [0.3, 0.4) is 0 Å². The first-order chi connectivity index (χ1) is 15.1. The van der Waals surface area contributed by atoms with Gasteiger partial charge in [0.1, 0.15) is 5.82 Å². The Morgan fingerprint density at radius 3 is 2.68 bits per heavy atom. The minimum Gasteiger partial charge on any atom is -0.378 e. The number of aromatic nitrogens is 1. The summed E-state index contributed by atoms with van der Waals surface area (Å²) in [6.45, 7) is 5.76. The molecule has 0 atom stereocenters. The first kappa shape index (κ1) is 21.0. The molecule has 0 spiro atoms. The molecular weight excluding hydrogens is 393 g/mol. The number of ether oxygens (including phenoxy) is 1. The van der Waals surface area contributed by atoms with Crippen LogP contribution >= 0.6 is 0 Å². The van der Waals surface area contributed by atoms with Gasteiger partial charge in [-0.3, -0.25) is 9.78 Å². The zero-order valence-electron chi connectivity index (χ0n) is 17.6. The molecule has 0 saturated carbocycles. The van der Waals surface area contributed by atoms with Gasteiger partial charge in [0.25, 0.3) is 0 Å². The van der Waals surface area contributed by atoms with Gasteiger partial charge in [-0.15, -0.1) is 0 Å². The van der Waals surface area contributed by atoms with E-state index in [1.807, 2.05) is 18.3 Å². The summed E-state index contributed by atoms with van der Waals surface area (Å²) in [5, 5.41) is 2.81. The van der Waals surface area contributed by atoms with Crippen molar-refractivity contribution in [1.29, 1.82) is 0 Å². The lowest BCUT2D eigenvalue weighted by Crippen LogP contribution is -2.36. The van der Waals surface area contributed by atoms with E-state index in [9.17, 15) is 9.18 Å². The van der Waals surface area contributed by atoms with Crippen molar-refractivity contribution in [2.24, 2.45) is 0 Å². The summed E-state index contributed by atoms with van der Waals surface area (Å²) in [6.07, 6.45) is 2.00. The first-order valence-corrected chi connectivity index (χ1v) is 10.5. The minimum absolute atomic E-state index is 0.143. The number of anilines is 1. The fourth-order valence-corrected chi connectivity index (χ4v) is 3.75. The maximum absolute atomic E-state index is 13.2. The van der Waals surface area contributed by atoms with Gasteiger partial charge in [-0.2, -0.15) is 0 Å². The van der Waals surface area contributed by atoms with E-state index in [0.29, 0.717) is 12.2 Å². The number of morpholine rings is 1. The largest absolute Gasteiger partial charge is 0.378 e. The van der Waals surface area contributed by atoms with Crippen molar-refractivity contribution in [3.8, 4) is 11.1 Å². The summed E-state index contributed by atoms with van der Waals surface area (Å²) < 4.78 is 18.7. The predicted octanol–water partition coefficient (Wildman–Crippen LogP) is 3.89. The highest BCUT2D eigenvalue weighted by Crippen LogP contribution is 2.27. The molecule has 0 aliphatic carbocycles. The number of hydrogen-bond acceptors (Lipinski definition) is 4.